The number of hydrogen-bond acceptors (Lipinski definition) is 5. The molecule has 2 aromatic rings. The van der Waals surface area contributed by atoms with Gasteiger partial charge < -0.3 is 15.2 Å². The number of aromatic hydroxyl groups is 1. The average Bonchev–Trinajstić information content (AvgIpc) is 2.85. The topological polar surface area (TPSA) is 85.5 Å². The Kier molecular flexibility index (Phi) is 6.14. The van der Waals surface area contributed by atoms with Crippen LogP contribution in [0.4, 0.5) is 5.69 Å². The third-order valence-corrected chi connectivity index (χ3v) is 4.03. The quantitative estimate of drug-likeness (QED) is 0.735. The molecule has 0 radical (unpaired) electrons. The van der Waals surface area contributed by atoms with Gasteiger partial charge in [0.1, 0.15) is 6.04 Å². The highest BCUT2D eigenvalue weighted by Crippen LogP contribution is 2.17. The van der Waals surface area contributed by atoms with Crippen LogP contribution in [0.5, 0.6) is 5.88 Å². The van der Waals surface area contributed by atoms with Crippen LogP contribution in [-0.2, 0) is 22.8 Å². The van der Waals surface area contributed by atoms with Gasteiger partial charge in [-0.15, -0.1) is 0 Å². The van der Waals surface area contributed by atoms with Gasteiger partial charge in [0.15, 0.2) is 6.73 Å². The molecular weight excluding hydrogens is 346 g/mol. The molecular formula is C17H22ClN3O4. The summed E-state index contributed by atoms with van der Waals surface area (Å²) in [5, 5.41) is 13.4. The number of esters is 1. The molecule has 25 heavy (non-hydrogen) atoms. The van der Waals surface area contributed by atoms with Crippen molar-refractivity contribution in [2.24, 2.45) is 5.92 Å². The highest BCUT2D eigenvalue weighted by molar-refractivity contribution is 6.30. The minimum Gasteiger partial charge on any atom is -0.493 e. The normalized spacial score (nSPS) is 12.2. The van der Waals surface area contributed by atoms with Gasteiger partial charge in [-0.25, -0.2) is 9.59 Å². The zero-order valence-corrected chi connectivity index (χ0v) is 15.2. The Morgan fingerprint density at radius 1 is 1.32 bits per heavy atom. The summed E-state index contributed by atoms with van der Waals surface area (Å²) in [7, 11) is 0. The lowest BCUT2D eigenvalue weighted by Gasteiger charge is -2.22. The number of carbonyl (C=O) groups excluding carboxylic acids is 1. The number of anilines is 1. The van der Waals surface area contributed by atoms with Crippen molar-refractivity contribution < 1.29 is 14.6 Å². The van der Waals surface area contributed by atoms with E-state index >= 15 is 0 Å². The van der Waals surface area contributed by atoms with E-state index in [1.165, 1.54) is 10.8 Å². The third kappa shape index (κ3) is 4.57. The first-order chi connectivity index (χ1) is 11.8. The molecule has 0 aliphatic heterocycles. The van der Waals surface area contributed by atoms with Crippen molar-refractivity contribution in [3.8, 4) is 5.88 Å². The van der Waals surface area contributed by atoms with E-state index in [-0.39, 0.29) is 18.5 Å². The van der Waals surface area contributed by atoms with Gasteiger partial charge in [0, 0.05) is 17.3 Å². The first-order valence-electron chi connectivity index (χ1n) is 8.01. The van der Waals surface area contributed by atoms with Crippen LogP contribution in [0.15, 0.2) is 35.3 Å². The summed E-state index contributed by atoms with van der Waals surface area (Å²) in [4.78, 5) is 24.4. The van der Waals surface area contributed by atoms with Gasteiger partial charge in [0.05, 0.1) is 6.20 Å². The molecule has 1 heterocycles. The number of aromatic nitrogens is 2. The van der Waals surface area contributed by atoms with E-state index in [1.807, 2.05) is 13.8 Å². The summed E-state index contributed by atoms with van der Waals surface area (Å²) in [6.07, 6.45) is 1.25. The third-order valence-electron chi connectivity index (χ3n) is 3.77. The molecule has 1 atom stereocenters. The van der Waals surface area contributed by atoms with Crippen LogP contribution in [0.2, 0.25) is 5.02 Å². The van der Waals surface area contributed by atoms with Crippen molar-refractivity contribution in [1.82, 2.24) is 9.13 Å². The lowest BCUT2D eigenvalue weighted by molar-refractivity contribution is -0.149. The predicted octanol–water partition coefficient (Wildman–Crippen LogP) is 2.67. The fourth-order valence-corrected chi connectivity index (χ4v) is 2.48. The molecule has 7 nitrogen and oxygen atoms in total. The van der Waals surface area contributed by atoms with Gasteiger partial charge in [-0.05, 0) is 37.1 Å². The Balaban J connectivity index is 2.05. The molecule has 0 bridgehead atoms. The molecule has 0 spiro atoms. The molecule has 0 aliphatic rings. The van der Waals surface area contributed by atoms with Crippen LogP contribution in [0.1, 0.15) is 20.8 Å². The Hall–Kier alpha value is -2.41. The monoisotopic (exact) mass is 367 g/mol. The van der Waals surface area contributed by atoms with E-state index < -0.39 is 17.7 Å². The van der Waals surface area contributed by atoms with Crippen LogP contribution >= 0.6 is 11.6 Å². The number of rotatable bonds is 7. The number of imidazole rings is 1. The molecule has 0 saturated heterocycles. The molecule has 1 aromatic carbocycles. The van der Waals surface area contributed by atoms with Crippen molar-refractivity contribution in [1.29, 1.82) is 0 Å². The van der Waals surface area contributed by atoms with Gasteiger partial charge in [-0.2, -0.15) is 0 Å². The molecule has 0 amide bonds. The maximum Gasteiger partial charge on any atom is 0.333 e. The SMILES string of the molecule is CCn1c(O)cn(COC(=O)C(Nc2ccc(Cl)cc2)C(C)C)c1=O. The zero-order chi connectivity index (χ0) is 18.6. The number of benzene rings is 1. The molecule has 0 aliphatic carbocycles. The van der Waals surface area contributed by atoms with E-state index in [1.54, 1.807) is 31.2 Å². The van der Waals surface area contributed by atoms with Crippen LogP contribution in [0.3, 0.4) is 0 Å². The summed E-state index contributed by atoms with van der Waals surface area (Å²) >= 11 is 5.86. The maximum atomic E-state index is 12.4. The number of carbonyl (C=O) groups is 1. The molecule has 0 saturated carbocycles. The molecule has 0 fully saturated rings. The van der Waals surface area contributed by atoms with E-state index in [4.69, 9.17) is 16.3 Å². The smallest absolute Gasteiger partial charge is 0.333 e. The minimum absolute atomic E-state index is 0.0338. The highest BCUT2D eigenvalue weighted by atomic mass is 35.5. The van der Waals surface area contributed by atoms with E-state index in [2.05, 4.69) is 5.32 Å². The second-order valence-electron chi connectivity index (χ2n) is 5.95. The Morgan fingerprint density at radius 3 is 2.48 bits per heavy atom. The van der Waals surface area contributed by atoms with Crippen LogP contribution in [-0.4, -0.2) is 26.3 Å². The number of nitrogens with one attached hydrogen (secondary N) is 1. The summed E-state index contributed by atoms with van der Waals surface area (Å²) < 4.78 is 7.58. The Labute approximate surface area is 150 Å². The second kappa shape index (κ2) is 8.11. The fraction of sp³-hybridized carbons (Fsp3) is 0.412. The van der Waals surface area contributed by atoms with Gasteiger partial charge >= 0.3 is 11.7 Å². The first kappa shape index (κ1) is 18.9. The van der Waals surface area contributed by atoms with Gasteiger partial charge in [-0.3, -0.25) is 9.13 Å². The van der Waals surface area contributed by atoms with Crippen molar-refractivity contribution in [2.45, 2.75) is 40.1 Å². The number of hydrogen-bond donors (Lipinski definition) is 2. The molecule has 1 unspecified atom stereocenters. The Morgan fingerprint density at radius 2 is 1.96 bits per heavy atom. The van der Waals surface area contributed by atoms with Crippen molar-refractivity contribution in [3.63, 3.8) is 0 Å². The zero-order valence-electron chi connectivity index (χ0n) is 14.4. The van der Waals surface area contributed by atoms with Crippen molar-refractivity contribution in [3.05, 3.63) is 46.0 Å². The maximum absolute atomic E-state index is 12.4. The molecule has 2 rings (SSSR count). The number of ether oxygens (including phenoxy) is 1. The van der Waals surface area contributed by atoms with E-state index in [0.717, 1.165) is 10.3 Å². The summed E-state index contributed by atoms with van der Waals surface area (Å²) in [6, 6.07) is 6.41. The largest absolute Gasteiger partial charge is 0.493 e. The Bertz CT molecular complexity index is 780. The lowest BCUT2D eigenvalue weighted by Crippen LogP contribution is -2.37. The average molecular weight is 368 g/mol. The van der Waals surface area contributed by atoms with E-state index in [0.29, 0.717) is 11.6 Å². The molecule has 1 aromatic heterocycles. The van der Waals surface area contributed by atoms with Crippen molar-refractivity contribution >= 4 is 23.3 Å². The summed E-state index contributed by atoms with van der Waals surface area (Å²) in [5.41, 5.74) is 0.312. The highest BCUT2D eigenvalue weighted by Gasteiger charge is 2.24. The van der Waals surface area contributed by atoms with Gasteiger partial charge in [-0.1, -0.05) is 25.4 Å². The molecule has 136 valence electrons. The fourth-order valence-electron chi connectivity index (χ4n) is 2.35. The van der Waals surface area contributed by atoms with Crippen molar-refractivity contribution in [2.75, 3.05) is 5.32 Å². The van der Waals surface area contributed by atoms with Crippen LogP contribution in [0, 0.1) is 5.92 Å². The second-order valence-corrected chi connectivity index (χ2v) is 6.39. The standard InChI is InChI=1S/C17H22ClN3O4/c1-4-21-14(22)9-20(17(21)24)10-25-16(23)15(11(2)3)19-13-7-5-12(18)6-8-13/h5-9,11,15,19,22H,4,10H2,1-3H3. The van der Waals surface area contributed by atoms with E-state index in [9.17, 15) is 14.7 Å². The minimum atomic E-state index is -0.585. The number of nitrogens with zero attached hydrogens (tertiary/aromatic N) is 2. The first-order valence-corrected chi connectivity index (χ1v) is 8.39. The molecule has 2 N–H and O–H groups in total. The summed E-state index contributed by atoms with van der Waals surface area (Å²) in [5.74, 6) is -0.683. The van der Waals surface area contributed by atoms with Gasteiger partial charge in [0.2, 0.25) is 5.88 Å². The molecule has 8 heteroatoms. The predicted molar refractivity (Wildman–Crippen MR) is 95.8 cm³/mol. The van der Waals surface area contributed by atoms with Crippen LogP contribution in [0.25, 0.3) is 0 Å². The van der Waals surface area contributed by atoms with Gasteiger partial charge in [0.25, 0.3) is 0 Å². The lowest BCUT2D eigenvalue weighted by atomic mass is 10.0. The summed E-state index contributed by atoms with van der Waals surface area (Å²) in [6.45, 7) is 5.59. The number of halogens is 1. The van der Waals surface area contributed by atoms with Crippen LogP contribution < -0.4 is 11.0 Å².